The van der Waals surface area contributed by atoms with E-state index in [0.29, 0.717) is 0 Å². The number of hydrogen-bond donors (Lipinski definition) is 1. The topological polar surface area (TPSA) is 35.6 Å². The predicted octanol–water partition coefficient (Wildman–Crippen LogP) is 2.17. The number of hydrazine groups is 1. The Morgan fingerprint density at radius 3 is 2.00 bits per heavy atom. The number of carbonyl (C=O) groups excluding carboxylic acids is 1. The first-order chi connectivity index (χ1) is 9.20. The summed E-state index contributed by atoms with van der Waals surface area (Å²) in [4.78, 5) is 13.5. The number of hydrogen-bond acceptors (Lipinski definition) is 4. The zero-order valence-corrected chi connectivity index (χ0v) is 12.4. The second-order valence-corrected chi connectivity index (χ2v) is 4.30. The van der Waals surface area contributed by atoms with Gasteiger partial charge in [-0.15, -0.1) is 0 Å². The van der Waals surface area contributed by atoms with E-state index in [1.165, 1.54) is 5.69 Å². The van der Waals surface area contributed by atoms with Crippen molar-refractivity contribution in [2.45, 2.75) is 20.8 Å². The molecule has 1 fully saturated rings. The lowest BCUT2D eigenvalue weighted by molar-refractivity contribution is 0.101. The molecule has 1 N–H and O–H groups in total. The number of nitrogens with zero attached hydrogens (tertiary/aromatic N) is 2. The fourth-order valence-electron chi connectivity index (χ4n) is 2.10. The van der Waals surface area contributed by atoms with Gasteiger partial charge >= 0.3 is 0 Å². The van der Waals surface area contributed by atoms with Crippen LogP contribution in [0.25, 0.3) is 0 Å². The minimum absolute atomic E-state index is 0.122. The number of piperazine rings is 1. The zero-order valence-electron chi connectivity index (χ0n) is 12.4. The van der Waals surface area contributed by atoms with E-state index in [2.05, 4.69) is 15.3 Å². The van der Waals surface area contributed by atoms with Gasteiger partial charge in [0.05, 0.1) is 0 Å². The van der Waals surface area contributed by atoms with Gasteiger partial charge in [-0.2, -0.15) is 0 Å². The predicted molar refractivity (Wildman–Crippen MR) is 80.6 cm³/mol. The van der Waals surface area contributed by atoms with E-state index in [-0.39, 0.29) is 5.78 Å². The fraction of sp³-hybridized carbons (Fsp3) is 0.533. The van der Waals surface area contributed by atoms with Crippen LogP contribution in [0.2, 0.25) is 0 Å². The van der Waals surface area contributed by atoms with E-state index in [4.69, 9.17) is 0 Å². The molecule has 1 aliphatic heterocycles. The van der Waals surface area contributed by atoms with Crippen molar-refractivity contribution in [3.8, 4) is 0 Å². The van der Waals surface area contributed by atoms with Crippen LogP contribution in [0.15, 0.2) is 24.3 Å². The summed E-state index contributed by atoms with van der Waals surface area (Å²) in [6.07, 6.45) is 0. The third-order valence-electron chi connectivity index (χ3n) is 3.23. The Bertz CT molecular complexity index is 381. The molecule has 1 aromatic rings. The van der Waals surface area contributed by atoms with Gasteiger partial charge < -0.3 is 4.90 Å². The first kappa shape index (κ1) is 15.7. The van der Waals surface area contributed by atoms with E-state index in [1.54, 1.807) is 6.92 Å². The number of ketones is 1. The highest BCUT2D eigenvalue weighted by molar-refractivity contribution is 5.94. The second-order valence-electron chi connectivity index (χ2n) is 4.30. The van der Waals surface area contributed by atoms with E-state index in [0.717, 1.165) is 31.7 Å². The lowest BCUT2D eigenvalue weighted by Gasteiger charge is -2.35. The highest BCUT2D eigenvalue weighted by Crippen LogP contribution is 2.17. The van der Waals surface area contributed by atoms with Gasteiger partial charge in [0.15, 0.2) is 5.78 Å². The molecule has 0 amide bonds. The van der Waals surface area contributed by atoms with Gasteiger partial charge in [-0.05, 0) is 38.2 Å². The van der Waals surface area contributed by atoms with Gasteiger partial charge in [-0.3, -0.25) is 10.2 Å². The highest BCUT2D eigenvalue weighted by atomic mass is 16.1. The Morgan fingerprint density at radius 1 is 1.05 bits per heavy atom. The number of nitrogens with one attached hydrogen (secondary N) is 1. The van der Waals surface area contributed by atoms with Crippen LogP contribution in [0, 0.1) is 0 Å². The normalized spacial score (nSPS) is 15.7. The van der Waals surface area contributed by atoms with Crippen LogP contribution in [0.3, 0.4) is 0 Å². The van der Waals surface area contributed by atoms with Crippen LogP contribution in [-0.4, -0.2) is 44.0 Å². The average Bonchev–Trinajstić information content (AvgIpc) is 2.49. The molecule has 1 aliphatic rings. The zero-order chi connectivity index (χ0) is 14.3. The molecule has 4 heteroatoms. The van der Waals surface area contributed by atoms with Crippen molar-refractivity contribution in [3.05, 3.63) is 29.8 Å². The summed E-state index contributed by atoms with van der Waals surface area (Å²) >= 11 is 0. The highest BCUT2D eigenvalue weighted by Gasteiger charge is 2.15. The molecular formula is C15H25N3O. The minimum Gasteiger partial charge on any atom is -0.369 e. The molecule has 0 aliphatic carbocycles. The molecule has 2 rings (SSSR count). The third kappa shape index (κ3) is 4.33. The standard InChI is InChI=1S/C13H19N3O.C2H6/c1-11(17)12-3-5-13(6-4-12)15-7-9-16(14-2)10-8-15;1-2/h3-6,14H,7-10H2,1-2H3;1-2H3. The van der Waals surface area contributed by atoms with Crippen molar-refractivity contribution in [1.82, 2.24) is 10.4 Å². The van der Waals surface area contributed by atoms with Gasteiger partial charge in [-0.1, -0.05) is 13.8 Å². The number of carbonyl (C=O) groups is 1. The lowest BCUT2D eigenvalue weighted by Crippen LogP contribution is -2.50. The maximum atomic E-state index is 11.2. The van der Waals surface area contributed by atoms with Crippen molar-refractivity contribution in [2.75, 3.05) is 38.1 Å². The Hall–Kier alpha value is -1.39. The summed E-state index contributed by atoms with van der Waals surface area (Å²) in [6, 6.07) is 7.88. The first-order valence-electron chi connectivity index (χ1n) is 6.99. The number of anilines is 1. The van der Waals surface area contributed by atoms with E-state index in [1.807, 2.05) is 45.2 Å². The van der Waals surface area contributed by atoms with Crippen LogP contribution in [-0.2, 0) is 0 Å². The Labute approximate surface area is 116 Å². The van der Waals surface area contributed by atoms with Crippen molar-refractivity contribution in [1.29, 1.82) is 0 Å². The Morgan fingerprint density at radius 2 is 1.58 bits per heavy atom. The largest absolute Gasteiger partial charge is 0.369 e. The molecule has 0 radical (unpaired) electrons. The van der Waals surface area contributed by atoms with Gasteiger partial charge in [0, 0.05) is 37.4 Å². The van der Waals surface area contributed by atoms with Gasteiger partial charge in [-0.25, -0.2) is 5.01 Å². The van der Waals surface area contributed by atoms with Crippen molar-refractivity contribution in [2.24, 2.45) is 0 Å². The quantitative estimate of drug-likeness (QED) is 0.848. The lowest BCUT2D eigenvalue weighted by atomic mass is 10.1. The van der Waals surface area contributed by atoms with Crippen LogP contribution >= 0.6 is 0 Å². The maximum Gasteiger partial charge on any atom is 0.159 e. The van der Waals surface area contributed by atoms with Gasteiger partial charge in [0.2, 0.25) is 0 Å². The number of rotatable bonds is 3. The average molecular weight is 263 g/mol. The third-order valence-corrected chi connectivity index (χ3v) is 3.23. The minimum atomic E-state index is 0.122. The molecular weight excluding hydrogens is 238 g/mol. The first-order valence-corrected chi connectivity index (χ1v) is 6.99. The van der Waals surface area contributed by atoms with Crippen LogP contribution in [0.1, 0.15) is 31.1 Å². The van der Waals surface area contributed by atoms with Crippen molar-refractivity contribution in [3.63, 3.8) is 0 Å². The molecule has 19 heavy (non-hydrogen) atoms. The fourth-order valence-corrected chi connectivity index (χ4v) is 2.10. The SMILES string of the molecule is CC.CNN1CCN(c2ccc(C(C)=O)cc2)CC1. The molecule has 1 heterocycles. The molecule has 0 saturated carbocycles. The molecule has 0 atom stereocenters. The molecule has 0 bridgehead atoms. The summed E-state index contributed by atoms with van der Waals surface area (Å²) < 4.78 is 0. The van der Waals surface area contributed by atoms with E-state index >= 15 is 0 Å². The van der Waals surface area contributed by atoms with Crippen molar-refractivity contribution < 1.29 is 4.79 Å². The summed E-state index contributed by atoms with van der Waals surface area (Å²) in [5.74, 6) is 0.122. The molecule has 0 spiro atoms. The molecule has 0 aromatic heterocycles. The summed E-state index contributed by atoms with van der Waals surface area (Å²) in [5, 5.41) is 2.21. The Balaban J connectivity index is 0.000000861. The molecule has 4 nitrogen and oxygen atoms in total. The molecule has 1 aromatic carbocycles. The maximum absolute atomic E-state index is 11.2. The Kier molecular flexibility index (Phi) is 6.53. The second kappa shape index (κ2) is 7.92. The summed E-state index contributed by atoms with van der Waals surface area (Å²) in [6.45, 7) is 9.66. The molecule has 106 valence electrons. The molecule has 0 unspecified atom stereocenters. The van der Waals surface area contributed by atoms with Gasteiger partial charge in [0.25, 0.3) is 0 Å². The summed E-state index contributed by atoms with van der Waals surface area (Å²) in [5.41, 5.74) is 5.14. The van der Waals surface area contributed by atoms with E-state index in [9.17, 15) is 4.79 Å². The summed E-state index contributed by atoms with van der Waals surface area (Å²) in [7, 11) is 1.96. The number of benzene rings is 1. The smallest absolute Gasteiger partial charge is 0.159 e. The van der Waals surface area contributed by atoms with Crippen molar-refractivity contribution >= 4 is 11.5 Å². The molecule has 1 saturated heterocycles. The van der Waals surface area contributed by atoms with Crippen LogP contribution in [0.4, 0.5) is 5.69 Å². The van der Waals surface area contributed by atoms with Crippen LogP contribution < -0.4 is 10.3 Å². The van der Waals surface area contributed by atoms with Crippen LogP contribution in [0.5, 0.6) is 0 Å². The monoisotopic (exact) mass is 263 g/mol. The van der Waals surface area contributed by atoms with Gasteiger partial charge in [0.1, 0.15) is 0 Å². The van der Waals surface area contributed by atoms with E-state index < -0.39 is 0 Å². The number of Topliss-reactive ketones (excluding diaryl/α,β-unsaturated/α-hetero) is 1.